The molecule has 142 valence electrons. The van der Waals surface area contributed by atoms with Gasteiger partial charge in [0.2, 0.25) is 5.91 Å². The molecule has 5 nitrogen and oxygen atoms in total. The summed E-state index contributed by atoms with van der Waals surface area (Å²) in [5.41, 5.74) is 9.18. The molecule has 1 aromatic heterocycles. The second-order valence-corrected chi connectivity index (χ2v) is 7.68. The molecule has 1 fully saturated rings. The first-order chi connectivity index (χ1) is 13.0. The number of nitrogens with one attached hydrogen (secondary N) is 2. The Morgan fingerprint density at radius 2 is 1.93 bits per heavy atom. The molecule has 0 aliphatic heterocycles. The van der Waals surface area contributed by atoms with E-state index >= 15 is 0 Å². The Kier molecular flexibility index (Phi) is 6.11. The smallest absolute Gasteiger partial charge is 0.227 e. The van der Waals surface area contributed by atoms with Gasteiger partial charge in [-0.25, -0.2) is 0 Å². The Labute approximate surface area is 164 Å². The molecular formula is C21H25ClN4O. The van der Waals surface area contributed by atoms with E-state index < -0.39 is 0 Å². The van der Waals surface area contributed by atoms with Crippen molar-refractivity contribution in [3.05, 3.63) is 52.8 Å². The van der Waals surface area contributed by atoms with Crippen molar-refractivity contribution in [2.24, 2.45) is 11.8 Å². The van der Waals surface area contributed by atoms with E-state index in [1.165, 1.54) is 6.21 Å². The lowest BCUT2D eigenvalue weighted by atomic mass is 9.74. The first-order valence-corrected chi connectivity index (χ1v) is 9.68. The zero-order valence-electron chi connectivity index (χ0n) is 15.4. The van der Waals surface area contributed by atoms with E-state index in [0.29, 0.717) is 28.2 Å². The summed E-state index contributed by atoms with van der Waals surface area (Å²) in [6, 6.07) is 9.14. The maximum Gasteiger partial charge on any atom is 0.227 e. The molecule has 0 spiro atoms. The molecule has 1 amide bonds. The van der Waals surface area contributed by atoms with Crippen LogP contribution in [0.25, 0.3) is 0 Å². The number of halogens is 1. The number of nitrogen functional groups attached to an aromatic ring is 1. The Morgan fingerprint density at radius 3 is 2.56 bits per heavy atom. The summed E-state index contributed by atoms with van der Waals surface area (Å²) in [5, 5.41) is 11.1. The van der Waals surface area contributed by atoms with Crippen molar-refractivity contribution in [1.29, 1.82) is 5.41 Å². The Morgan fingerprint density at radius 1 is 1.26 bits per heavy atom. The van der Waals surface area contributed by atoms with E-state index in [9.17, 15) is 4.79 Å². The lowest BCUT2D eigenvalue weighted by molar-refractivity contribution is -0.121. The van der Waals surface area contributed by atoms with Gasteiger partial charge in [0, 0.05) is 29.0 Å². The minimum Gasteiger partial charge on any atom is -0.397 e. The van der Waals surface area contributed by atoms with Crippen LogP contribution in [0.1, 0.15) is 49.8 Å². The molecule has 1 saturated carbocycles. The molecule has 1 aromatic carbocycles. The van der Waals surface area contributed by atoms with E-state index in [1.54, 1.807) is 18.3 Å². The highest BCUT2D eigenvalue weighted by Crippen LogP contribution is 2.40. The zero-order chi connectivity index (χ0) is 19.4. The van der Waals surface area contributed by atoms with Crippen LogP contribution in [0.5, 0.6) is 0 Å². The van der Waals surface area contributed by atoms with Gasteiger partial charge in [0.15, 0.2) is 0 Å². The molecule has 1 unspecified atom stereocenters. The van der Waals surface area contributed by atoms with Gasteiger partial charge in [0.1, 0.15) is 5.69 Å². The monoisotopic (exact) mass is 384 g/mol. The molecule has 1 aliphatic rings. The van der Waals surface area contributed by atoms with Gasteiger partial charge in [-0.2, -0.15) is 0 Å². The molecule has 6 heteroatoms. The molecule has 0 bridgehead atoms. The van der Waals surface area contributed by atoms with Gasteiger partial charge in [-0.3, -0.25) is 9.78 Å². The van der Waals surface area contributed by atoms with Crippen molar-refractivity contribution in [2.45, 2.75) is 38.5 Å². The fraction of sp³-hybridized carbons (Fsp3) is 0.381. The third-order valence-electron chi connectivity index (χ3n) is 5.64. The molecule has 0 saturated heterocycles. The largest absolute Gasteiger partial charge is 0.397 e. The number of carbonyl (C=O) groups is 1. The molecule has 27 heavy (non-hydrogen) atoms. The summed E-state index contributed by atoms with van der Waals surface area (Å²) >= 11 is 5.89. The molecule has 3 rings (SSSR count). The highest BCUT2D eigenvalue weighted by Gasteiger charge is 2.30. The second-order valence-electron chi connectivity index (χ2n) is 7.24. The van der Waals surface area contributed by atoms with Crippen molar-refractivity contribution < 1.29 is 4.79 Å². The molecule has 1 aliphatic carbocycles. The number of nitrogens with two attached hydrogens (primary N) is 1. The van der Waals surface area contributed by atoms with Gasteiger partial charge in [0.25, 0.3) is 0 Å². The van der Waals surface area contributed by atoms with Crippen LogP contribution in [0, 0.1) is 17.2 Å². The number of hydrogen-bond acceptors (Lipinski definition) is 4. The normalized spacial score (nSPS) is 20.7. The third-order valence-corrected chi connectivity index (χ3v) is 5.89. The molecule has 4 N–H and O–H groups in total. The number of anilines is 2. The van der Waals surface area contributed by atoms with E-state index in [4.69, 9.17) is 22.7 Å². The lowest BCUT2D eigenvalue weighted by Gasteiger charge is -2.32. The van der Waals surface area contributed by atoms with Crippen LogP contribution in [0.3, 0.4) is 0 Å². The molecule has 0 radical (unpaired) electrons. The number of hydrogen-bond donors (Lipinski definition) is 3. The Hall–Kier alpha value is -2.40. The van der Waals surface area contributed by atoms with E-state index in [-0.39, 0.29) is 11.8 Å². The van der Waals surface area contributed by atoms with E-state index in [0.717, 1.165) is 36.9 Å². The fourth-order valence-corrected chi connectivity index (χ4v) is 4.04. The topological polar surface area (TPSA) is 91.9 Å². The predicted molar refractivity (Wildman–Crippen MR) is 110 cm³/mol. The van der Waals surface area contributed by atoms with Crippen LogP contribution in [0.4, 0.5) is 11.4 Å². The number of rotatable bonds is 5. The summed E-state index contributed by atoms with van der Waals surface area (Å²) in [4.78, 5) is 16.7. The number of benzene rings is 1. The average Bonchev–Trinajstić information content (AvgIpc) is 2.69. The first kappa shape index (κ1) is 19.4. The molecule has 1 heterocycles. The van der Waals surface area contributed by atoms with Gasteiger partial charge >= 0.3 is 0 Å². The third kappa shape index (κ3) is 4.48. The maximum absolute atomic E-state index is 12.6. The summed E-state index contributed by atoms with van der Waals surface area (Å²) in [7, 11) is 0. The summed E-state index contributed by atoms with van der Waals surface area (Å²) in [6.45, 7) is 2.00. The number of pyridine rings is 1. The minimum atomic E-state index is -0.0476. The molecule has 1 atom stereocenters. The maximum atomic E-state index is 12.6. The molecular weight excluding hydrogens is 360 g/mol. The van der Waals surface area contributed by atoms with Crippen LogP contribution in [-0.4, -0.2) is 17.1 Å². The average molecular weight is 385 g/mol. The fourth-order valence-electron chi connectivity index (χ4n) is 3.91. The van der Waals surface area contributed by atoms with Gasteiger partial charge in [-0.15, -0.1) is 0 Å². The Bertz CT molecular complexity index is 813. The predicted octanol–water partition coefficient (Wildman–Crippen LogP) is 4.86. The van der Waals surface area contributed by atoms with Gasteiger partial charge < -0.3 is 16.5 Å². The van der Waals surface area contributed by atoms with E-state index in [2.05, 4.69) is 10.3 Å². The highest BCUT2D eigenvalue weighted by molar-refractivity contribution is 6.30. The number of carbonyl (C=O) groups excluding carboxylic acids is 1. The van der Waals surface area contributed by atoms with Crippen LogP contribution in [0.2, 0.25) is 5.02 Å². The highest BCUT2D eigenvalue weighted by atomic mass is 35.5. The second kappa shape index (κ2) is 8.53. The van der Waals surface area contributed by atoms with Crippen molar-refractivity contribution >= 4 is 35.1 Å². The van der Waals surface area contributed by atoms with Crippen LogP contribution in [0.15, 0.2) is 36.5 Å². The van der Waals surface area contributed by atoms with Crippen LogP contribution >= 0.6 is 11.6 Å². The van der Waals surface area contributed by atoms with E-state index in [1.807, 2.05) is 25.1 Å². The van der Waals surface area contributed by atoms with Gasteiger partial charge in [-0.1, -0.05) is 18.5 Å². The zero-order valence-corrected chi connectivity index (χ0v) is 16.2. The standard InChI is InChI=1S/C21H25ClN4O/c1-13(21(27)26-17-8-6-16(22)7-9-17)14-2-4-15(5-3-14)18-10-11-25-19(12-23)20(18)24/h6-15,23H,2-5,24H2,1H3,(H,26,27). The summed E-state index contributed by atoms with van der Waals surface area (Å²) in [6.07, 6.45) is 6.89. The number of nitrogens with zero attached hydrogens (tertiary/aromatic N) is 1. The van der Waals surface area contributed by atoms with Gasteiger partial charge in [0.05, 0.1) is 5.69 Å². The van der Waals surface area contributed by atoms with Crippen LogP contribution < -0.4 is 11.1 Å². The Balaban J connectivity index is 1.59. The van der Waals surface area contributed by atoms with Crippen molar-refractivity contribution in [2.75, 3.05) is 11.1 Å². The van der Waals surface area contributed by atoms with Gasteiger partial charge in [-0.05, 0) is 73.4 Å². The number of amides is 1. The number of aromatic nitrogens is 1. The first-order valence-electron chi connectivity index (χ1n) is 9.31. The van der Waals surface area contributed by atoms with Crippen molar-refractivity contribution in [3.63, 3.8) is 0 Å². The summed E-state index contributed by atoms with van der Waals surface area (Å²) < 4.78 is 0. The lowest BCUT2D eigenvalue weighted by Crippen LogP contribution is -2.29. The van der Waals surface area contributed by atoms with Crippen molar-refractivity contribution in [1.82, 2.24) is 4.98 Å². The molecule has 2 aromatic rings. The quantitative estimate of drug-likeness (QED) is 0.642. The minimum absolute atomic E-state index is 0.0476. The summed E-state index contributed by atoms with van der Waals surface area (Å²) in [5.74, 6) is 0.733. The van der Waals surface area contributed by atoms with Crippen LogP contribution in [-0.2, 0) is 4.79 Å². The SMILES string of the molecule is CC(C(=O)Nc1ccc(Cl)cc1)C1CCC(c2ccnc(C=N)c2N)CC1. The van der Waals surface area contributed by atoms with Crippen molar-refractivity contribution in [3.8, 4) is 0 Å².